The molecule has 0 rings (SSSR count). The third-order valence-electron chi connectivity index (χ3n) is 2.86. The second-order valence-corrected chi connectivity index (χ2v) is 6.89. The second kappa shape index (κ2) is 13.6. The molecule has 1 unspecified atom stereocenters. The SMILES string of the molecule is CCCCCC(C)NC(=NC)NCCCNS(C)(=O)=O.I. The minimum absolute atomic E-state index is 0. The number of guanidine groups is 1. The molecule has 0 aromatic rings. The molecule has 0 amide bonds. The Labute approximate surface area is 147 Å². The topological polar surface area (TPSA) is 82.6 Å². The molecule has 0 aliphatic carbocycles. The Morgan fingerprint density at radius 1 is 1.19 bits per heavy atom. The molecule has 0 spiro atoms. The Morgan fingerprint density at radius 3 is 2.38 bits per heavy atom. The minimum Gasteiger partial charge on any atom is -0.356 e. The van der Waals surface area contributed by atoms with Gasteiger partial charge >= 0.3 is 0 Å². The Kier molecular flexibility index (Phi) is 15.0. The van der Waals surface area contributed by atoms with Crippen molar-refractivity contribution in [1.29, 1.82) is 0 Å². The van der Waals surface area contributed by atoms with Crippen molar-refractivity contribution in [1.82, 2.24) is 15.4 Å². The van der Waals surface area contributed by atoms with Crippen LogP contribution in [-0.4, -0.2) is 46.8 Å². The molecule has 3 N–H and O–H groups in total. The Morgan fingerprint density at radius 2 is 1.86 bits per heavy atom. The fourth-order valence-corrected chi connectivity index (χ4v) is 2.27. The third-order valence-corrected chi connectivity index (χ3v) is 3.59. The summed E-state index contributed by atoms with van der Waals surface area (Å²) in [6.45, 7) is 5.47. The molecule has 0 aromatic heterocycles. The highest BCUT2D eigenvalue weighted by Gasteiger charge is 2.04. The Balaban J connectivity index is 0. The Bertz CT molecular complexity index is 374. The van der Waals surface area contributed by atoms with Crippen LogP contribution in [0, 0.1) is 0 Å². The standard InChI is InChI=1S/C13H30N4O2S.HI/c1-5-6-7-9-12(2)17-13(14-3)15-10-8-11-16-20(4,18)19;/h12,16H,5-11H2,1-4H3,(H2,14,15,17);1H. The van der Waals surface area contributed by atoms with Crippen LogP contribution < -0.4 is 15.4 Å². The van der Waals surface area contributed by atoms with Crippen LogP contribution in [0.2, 0.25) is 0 Å². The quantitative estimate of drug-likeness (QED) is 0.212. The van der Waals surface area contributed by atoms with Gasteiger partial charge in [-0.05, 0) is 19.8 Å². The first-order valence-electron chi connectivity index (χ1n) is 7.31. The molecule has 8 heteroatoms. The number of aliphatic imine (C=N–C) groups is 1. The van der Waals surface area contributed by atoms with Gasteiger partial charge in [0, 0.05) is 26.2 Å². The molecule has 0 heterocycles. The highest BCUT2D eigenvalue weighted by molar-refractivity contribution is 14.0. The summed E-state index contributed by atoms with van der Waals surface area (Å²) in [6, 6.07) is 0.391. The number of hydrogen-bond acceptors (Lipinski definition) is 3. The summed E-state index contributed by atoms with van der Waals surface area (Å²) in [7, 11) is -1.35. The zero-order valence-corrected chi connectivity index (χ0v) is 16.8. The van der Waals surface area contributed by atoms with Gasteiger partial charge in [0.25, 0.3) is 0 Å². The largest absolute Gasteiger partial charge is 0.356 e. The zero-order valence-electron chi connectivity index (χ0n) is 13.6. The minimum atomic E-state index is -3.09. The van der Waals surface area contributed by atoms with E-state index in [4.69, 9.17) is 0 Å². The van der Waals surface area contributed by atoms with E-state index in [1.807, 2.05) is 0 Å². The summed E-state index contributed by atoms with van der Waals surface area (Å²) in [5.74, 6) is 0.772. The summed E-state index contributed by atoms with van der Waals surface area (Å²) in [6.07, 6.45) is 6.73. The van der Waals surface area contributed by atoms with Gasteiger partial charge in [0.2, 0.25) is 10.0 Å². The lowest BCUT2D eigenvalue weighted by Gasteiger charge is -2.17. The normalized spacial score (nSPS) is 13.4. The molecule has 6 nitrogen and oxygen atoms in total. The number of nitrogens with one attached hydrogen (secondary N) is 3. The highest BCUT2D eigenvalue weighted by atomic mass is 127. The lowest BCUT2D eigenvalue weighted by atomic mass is 10.1. The molecule has 0 saturated carbocycles. The van der Waals surface area contributed by atoms with E-state index in [-0.39, 0.29) is 24.0 Å². The molecule has 1 atom stereocenters. The predicted molar refractivity (Wildman–Crippen MR) is 101 cm³/mol. The Hall–Kier alpha value is -0.0900. The summed E-state index contributed by atoms with van der Waals surface area (Å²) in [5.41, 5.74) is 0. The van der Waals surface area contributed by atoms with Crippen molar-refractivity contribution >= 4 is 40.0 Å². The van der Waals surface area contributed by atoms with Gasteiger partial charge in [0.1, 0.15) is 0 Å². The maximum absolute atomic E-state index is 10.9. The molecule has 21 heavy (non-hydrogen) atoms. The van der Waals surface area contributed by atoms with Gasteiger partial charge in [-0.1, -0.05) is 26.2 Å². The van der Waals surface area contributed by atoms with Crippen molar-refractivity contribution in [2.24, 2.45) is 4.99 Å². The third kappa shape index (κ3) is 16.1. The molecule has 0 radical (unpaired) electrons. The van der Waals surface area contributed by atoms with Crippen molar-refractivity contribution < 1.29 is 8.42 Å². The maximum atomic E-state index is 10.9. The van der Waals surface area contributed by atoms with E-state index in [9.17, 15) is 8.42 Å². The number of nitrogens with zero attached hydrogens (tertiary/aromatic N) is 1. The van der Waals surface area contributed by atoms with Gasteiger partial charge in [-0.3, -0.25) is 4.99 Å². The van der Waals surface area contributed by atoms with Gasteiger partial charge in [0.15, 0.2) is 5.96 Å². The maximum Gasteiger partial charge on any atom is 0.208 e. The summed E-state index contributed by atoms with van der Waals surface area (Å²) in [5, 5.41) is 6.51. The van der Waals surface area contributed by atoms with Crippen LogP contribution in [0.5, 0.6) is 0 Å². The molecule has 0 aliphatic heterocycles. The van der Waals surface area contributed by atoms with Crippen LogP contribution in [0.15, 0.2) is 4.99 Å². The van der Waals surface area contributed by atoms with E-state index in [0.29, 0.717) is 19.1 Å². The number of halogens is 1. The predicted octanol–water partition coefficient (Wildman–Crippen LogP) is 1.68. The summed E-state index contributed by atoms with van der Waals surface area (Å²) in [4.78, 5) is 4.16. The highest BCUT2D eigenvalue weighted by Crippen LogP contribution is 2.02. The van der Waals surface area contributed by atoms with Gasteiger partial charge in [0.05, 0.1) is 6.26 Å². The van der Waals surface area contributed by atoms with Crippen molar-refractivity contribution in [3.05, 3.63) is 0 Å². The van der Waals surface area contributed by atoms with E-state index in [0.717, 1.165) is 18.8 Å². The molecule has 0 bridgehead atoms. The van der Waals surface area contributed by atoms with Gasteiger partial charge in [-0.25, -0.2) is 13.1 Å². The van der Waals surface area contributed by atoms with Crippen molar-refractivity contribution in [3.8, 4) is 0 Å². The smallest absolute Gasteiger partial charge is 0.208 e. The number of unbranched alkanes of at least 4 members (excludes halogenated alkanes) is 2. The van der Waals surface area contributed by atoms with E-state index in [1.54, 1.807) is 7.05 Å². The second-order valence-electron chi connectivity index (χ2n) is 5.06. The summed E-state index contributed by atoms with van der Waals surface area (Å²) >= 11 is 0. The lowest BCUT2D eigenvalue weighted by Crippen LogP contribution is -2.43. The fourth-order valence-electron chi connectivity index (χ4n) is 1.75. The first kappa shape index (κ1) is 23.2. The summed E-state index contributed by atoms with van der Waals surface area (Å²) < 4.78 is 24.2. The molecule has 0 aromatic carbocycles. The lowest BCUT2D eigenvalue weighted by molar-refractivity contribution is 0.545. The van der Waals surface area contributed by atoms with Crippen LogP contribution in [0.1, 0.15) is 46.0 Å². The molecule has 128 valence electrons. The van der Waals surface area contributed by atoms with Crippen molar-refractivity contribution in [3.63, 3.8) is 0 Å². The van der Waals surface area contributed by atoms with Crippen LogP contribution in [0.25, 0.3) is 0 Å². The van der Waals surface area contributed by atoms with Gasteiger partial charge in [-0.15, -0.1) is 24.0 Å². The van der Waals surface area contributed by atoms with E-state index >= 15 is 0 Å². The molecular weight excluding hydrogens is 403 g/mol. The van der Waals surface area contributed by atoms with Crippen LogP contribution in [0.3, 0.4) is 0 Å². The molecule has 0 aliphatic rings. The number of rotatable bonds is 10. The monoisotopic (exact) mass is 434 g/mol. The van der Waals surface area contributed by atoms with Crippen molar-refractivity contribution in [2.45, 2.75) is 52.0 Å². The number of sulfonamides is 1. The fraction of sp³-hybridized carbons (Fsp3) is 0.923. The van der Waals surface area contributed by atoms with Crippen LogP contribution in [-0.2, 0) is 10.0 Å². The number of hydrogen-bond donors (Lipinski definition) is 3. The average molecular weight is 434 g/mol. The van der Waals surface area contributed by atoms with Crippen molar-refractivity contribution in [2.75, 3.05) is 26.4 Å². The average Bonchev–Trinajstić information content (AvgIpc) is 2.36. The molecule has 0 saturated heterocycles. The van der Waals surface area contributed by atoms with E-state index in [2.05, 4.69) is 34.2 Å². The zero-order chi connectivity index (χ0) is 15.4. The van der Waals surface area contributed by atoms with E-state index < -0.39 is 10.0 Å². The first-order valence-corrected chi connectivity index (χ1v) is 9.20. The van der Waals surface area contributed by atoms with Gasteiger partial charge in [-0.2, -0.15) is 0 Å². The van der Waals surface area contributed by atoms with Gasteiger partial charge < -0.3 is 10.6 Å². The molecular formula is C13H31IN4O2S. The molecule has 0 fully saturated rings. The first-order chi connectivity index (χ1) is 9.39. The van der Waals surface area contributed by atoms with Crippen LogP contribution in [0.4, 0.5) is 0 Å². The van der Waals surface area contributed by atoms with E-state index in [1.165, 1.54) is 25.5 Å². The van der Waals surface area contributed by atoms with Crippen LogP contribution >= 0.6 is 24.0 Å².